The SMILES string of the molecule is N/C=C\CCOc1csc(CN2CCCCC2)c1. The molecule has 100 valence electrons. The Morgan fingerprint density at radius 1 is 1.33 bits per heavy atom. The van der Waals surface area contributed by atoms with Gasteiger partial charge in [0.25, 0.3) is 0 Å². The fourth-order valence-electron chi connectivity index (χ4n) is 2.20. The van der Waals surface area contributed by atoms with Crippen LogP contribution in [0.3, 0.4) is 0 Å². The molecule has 2 N–H and O–H groups in total. The topological polar surface area (TPSA) is 38.5 Å². The van der Waals surface area contributed by atoms with Crippen LogP contribution in [0.5, 0.6) is 5.75 Å². The van der Waals surface area contributed by atoms with Crippen molar-refractivity contribution in [3.05, 3.63) is 28.6 Å². The molecule has 1 aromatic heterocycles. The number of hydrogen-bond donors (Lipinski definition) is 1. The lowest BCUT2D eigenvalue weighted by Gasteiger charge is -2.25. The summed E-state index contributed by atoms with van der Waals surface area (Å²) in [5, 5.41) is 2.10. The van der Waals surface area contributed by atoms with E-state index in [0.717, 1.165) is 18.7 Å². The van der Waals surface area contributed by atoms with Gasteiger partial charge in [0.05, 0.1) is 6.61 Å². The zero-order valence-corrected chi connectivity index (χ0v) is 11.6. The number of hydrogen-bond acceptors (Lipinski definition) is 4. The fraction of sp³-hybridized carbons (Fsp3) is 0.571. The van der Waals surface area contributed by atoms with Crippen molar-refractivity contribution in [2.45, 2.75) is 32.2 Å². The summed E-state index contributed by atoms with van der Waals surface area (Å²) < 4.78 is 5.66. The molecule has 0 aliphatic carbocycles. The van der Waals surface area contributed by atoms with Gasteiger partial charge < -0.3 is 10.5 Å². The minimum absolute atomic E-state index is 0.702. The quantitative estimate of drug-likeness (QED) is 0.805. The van der Waals surface area contributed by atoms with Gasteiger partial charge >= 0.3 is 0 Å². The lowest BCUT2D eigenvalue weighted by Crippen LogP contribution is -2.28. The first kappa shape index (κ1) is 13.4. The number of rotatable bonds is 6. The monoisotopic (exact) mass is 266 g/mol. The van der Waals surface area contributed by atoms with Crippen LogP contribution in [0.15, 0.2) is 23.7 Å². The third-order valence-electron chi connectivity index (χ3n) is 3.15. The molecule has 2 rings (SSSR count). The molecule has 2 heterocycles. The number of nitrogens with zero attached hydrogens (tertiary/aromatic N) is 1. The van der Waals surface area contributed by atoms with E-state index in [2.05, 4.69) is 16.3 Å². The van der Waals surface area contributed by atoms with Crippen LogP contribution in [0.2, 0.25) is 0 Å². The van der Waals surface area contributed by atoms with Gasteiger partial charge in [-0.15, -0.1) is 11.3 Å². The molecule has 1 saturated heterocycles. The predicted molar refractivity (Wildman–Crippen MR) is 76.9 cm³/mol. The average Bonchev–Trinajstić information content (AvgIpc) is 2.84. The maximum atomic E-state index is 5.66. The van der Waals surface area contributed by atoms with Gasteiger partial charge in [-0.3, -0.25) is 4.90 Å². The van der Waals surface area contributed by atoms with Crippen molar-refractivity contribution in [2.24, 2.45) is 5.73 Å². The van der Waals surface area contributed by atoms with E-state index in [0.29, 0.717) is 6.61 Å². The van der Waals surface area contributed by atoms with E-state index in [1.165, 1.54) is 37.2 Å². The van der Waals surface area contributed by atoms with E-state index >= 15 is 0 Å². The van der Waals surface area contributed by atoms with Gasteiger partial charge in [-0.05, 0) is 38.2 Å². The van der Waals surface area contributed by atoms with Gasteiger partial charge in [0.15, 0.2) is 0 Å². The van der Waals surface area contributed by atoms with Crippen molar-refractivity contribution in [2.75, 3.05) is 19.7 Å². The second kappa shape index (κ2) is 7.44. The molecule has 1 aromatic rings. The van der Waals surface area contributed by atoms with Gasteiger partial charge in [-0.2, -0.15) is 0 Å². The van der Waals surface area contributed by atoms with Crippen molar-refractivity contribution in [3.63, 3.8) is 0 Å². The highest BCUT2D eigenvalue weighted by molar-refractivity contribution is 7.10. The molecule has 0 amide bonds. The van der Waals surface area contributed by atoms with Crippen molar-refractivity contribution in [1.82, 2.24) is 4.90 Å². The molecular formula is C14H22N2OS. The Kier molecular flexibility index (Phi) is 5.55. The molecule has 0 spiro atoms. The van der Waals surface area contributed by atoms with Crippen molar-refractivity contribution < 1.29 is 4.74 Å². The first-order valence-electron chi connectivity index (χ1n) is 6.68. The minimum atomic E-state index is 0.702. The third-order valence-corrected chi connectivity index (χ3v) is 4.05. The molecule has 1 aliphatic rings. The Morgan fingerprint density at radius 3 is 2.94 bits per heavy atom. The van der Waals surface area contributed by atoms with E-state index in [1.54, 1.807) is 17.5 Å². The van der Waals surface area contributed by atoms with Crippen LogP contribution in [0, 0.1) is 0 Å². The van der Waals surface area contributed by atoms with E-state index in [1.807, 2.05) is 6.08 Å². The molecule has 0 bridgehead atoms. The van der Waals surface area contributed by atoms with Crippen LogP contribution in [0.4, 0.5) is 0 Å². The molecule has 0 radical (unpaired) electrons. The highest BCUT2D eigenvalue weighted by Crippen LogP contribution is 2.24. The van der Waals surface area contributed by atoms with Crippen LogP contribution >= 0.6 is 11.3 Å². The minimum Gasteiger partial charge on any atom is -0.492 e. The lowest BCUT2D eigenvalue weighted by molar-refractivity contribution is 0.222. The Labute approximate surface area is 113 Å². The Balaban J connectivity index is 1.74. The molecular weight excluding hydrogens is 244 g/mol. The summed E-state index contributed by atoms with van der Waals surface area (Å²) in [5.74, 6) is 0.998. The molecule has 1 aliphatic heterocycles. The predicted octanol–water partition coefficient (Wildman–Crippen LogP) is 2.98. The van der Waals surface area contributed by atoms with Crippen molar-refractivity contribution in [3.8, 4) is 5.75 Å². The van der Waals surface area contributed by atoms with E-state index in [-0.39, 0.29) is 0 Å². The zero-order valence-electron chi connectivity index (χ0n) is 10.8. The molecule has 4 heteroatoms. The van der Waals surface area contributed by atoms with Gasteiger partial charge in [-0.1, -0.05) is 12.5 Å². The molecule has 0 saturated carbocycles. The Bertz CT molecular complexity index is 370. The highest BCUT2D eigenvalue weighted by Gasteiger charge is 2.11. The zero-order chi connectivity index (χ0) is 12.6. The van der Waals surface area contributed by atoms with Gasteiger partial charge in [0.1, 0.15) is 5.75 Å². The maximum absolute atomic E-state index is 5.66. The molecule has 18 heavy (non-hydrogen) atoms. The summed E-state index contributed by atoms with van der Waals surface area (Å²) in [7, 11) is 0. The summed E-state index contributed by atoms with van der Waals surface area (Å²) in [6, 6.07) is 2.17. The smallest absolute Gasteiger partial charge is 0.130 e. The fourth-order valence-corrected chi connectivity index (χ4v) is 3.04. The Morgan fingerprint density at radius 2 is 2.17 bits per heavy atom. The molecule has 3 nitrogen and oxygen atoms in total. The maximum Gasteiger partial charge on any atom is 0.130 e. The highest BCUT2D eigenvalue weighted by atomic mass is 32.1. The molecule has 0 aromatic carbocycles. The first-order chi connectivity index (χ1) is 8.88. The van der Waals surface area contributed by atoms with Crippen molar-refractivity contribution >= 4 is 11.3 Å². The lowest BCUT2D eigenvalue weighted by atomic mass is 10.1. The molecule has 0 unspecified atom stereocenters. The normalized spacial score (nSPS) is 17.3. The van der Waals surface area contributed by atoms with Crippen LogP contribution in [0.25, 0.3) is 0 Å². The van der Waals surface area contributed by atoms with E-state index in [4.69, 9.17) is 10.5 Å². The largest absolute Gasteiger partial charge is 0.492 e. The summed E-state index contributed by atoms with van der Waals surface area (Å²) >= 11 is 1.80. The van der Waals surface area contributed by atoms with Gasteiger partial charge in [-0.25, -0.2) is 0 Å². The third kappa shape index (κ3) is 4.35. The van der Waals surface area contributed by atoms with Gasteiger partial charge in [0, 0.05) is 23.2 Å². The first-order valence-corrected chi connectivity index (χ1v) is 7.56. The number of likely N-dealkylation sites (tertiary alicyclic amines) is 1. The van der Waals surface area contributed by atoms with Crippen LogP contribution in [-0.2, 0) is 6.54 Å². The van der Waals surface area contributed by atoms with E-state index in [9.17, 15) is 0 Å². The number of ether oxygens (including phenoxy) is 1. The van der Waals surface area contributed by atoms with E-state index < -0.39 is 0 Å². The number of piperidine rings is 1. The summed E-state index contributed by atoms with van der Waals surface area (Å²) in [6.45, 7) is 4.27. The summed E-state index contributed by atoms with van der Waals surface area (Å²) in [6.07, 6.45) is 8.44. The van der Waals surface area contributed by atoms with Crippen LogP contribution in [0.1, 0.15) is 30.6 Å². The second-order valence-corrected chi connectivity index (χ2v) is 5.65. The summed E-state index contributed by atoms with van der Waals surface area (Å²) in [5.41, 5.74) is 5.28. The van der Waals surface area contributed by atoms with Crippen LogP contribution < -0.4 is 10.5 Å². The Hall–Kier alpha value is -1.00. The van der Waals surface area contributed by atoms with Gasteiger partial charge in [0.2, 0.25) is 0 Å². The molecule has 0 atom stereocenters. The standard InChI is InChI=1S/C14H22N2OS/c15-6-2-5-9-17-13-10-14(18-12-13)11-16-7-3-1-4-8-16/h2,6,10,12H,1,3-5,7-9,11,15H2/b6-2-. The number of nitrogens with two attached hydrogens (primary N) is 1. The number of thiophene rings is 1. The summed E-state index contributed by atoms with van der Waals surface area (Å²) in [4.78, 5) is 3.94. The van der Waals surface area contributed by atoms with Crippen LogP contribution in [-0.4, -0.2) is 24.6 Å². The average molecular weight is 266 g/mol. The second-order valence-electron chi connectivity index (χ2n) is 4.65. The van der Waals surface area contributed by atoms with Crippen molar-refractivity contribution in [1.29, 1.82) is 0 Å². The molecule has 1 fully saturated rings.